The first-order valence-corrected chi connectivity index (χ1v) is 22.7. The van der Waals surface area contributed by atoms with E-state index >= 15 is 0 Å². The first-order chi connectivity index (χ1) is 31.2. The van der Waals surface area contributed by atoms with Crippen molar-refractivity contribution < 1.29 is 84.3 Å². The first-order valence-electron chi connectivity index (χ1n) is 22.7. The van der Waals surface area contributed by atoms with Crippen molar-refractivity contribution in [1.82, 2.24) is 0 Å². The van der Waals surface area contributed by atoms with Crippen LogP contribution in [0.5, 0.6) is 0 Å². The summed E-state index contributed by atoms with van der Waals surface area (Å²) in [5.74, 6) is -5.93. The van der Waals surface area contributed by atoms with Gasteiger partial charge in [-0.3, -0.25) is 9.59 Å². The van der Waals surface area contributed by atoms with Gasteiger partial charge in [-0.15, -0.1) is 0 Å². The number of carbonyl (C=O) groups is 2. The van der Waals surface area contributed by atoms with E-state index in [4.69, 9.17) is 29.4 Å². The van der Waals surface area contributed by atoms with Crippen molar-refractivity contribution >= 4 is 11.9 Å². The minimum atomic E-state index is -2.27. The molecule has 0 radical (unpaired) electrons. The maximum atomic E-state index is 13.1. The lowest BCUT2D eigenvalue weighted by Gasteiger charge is -2.45. The molecule has 0 amide bonds. The number of methoxy groups -OCH3 is 1. The van der Waals surface area contributed by atoms with Gasteiger partial charge >= 0.3 is 11.9 Å². The number of esters is 2. The number of carbonyl (C=O) groups excluding carboxylic acids is 2. The van der Waals surface area contributed by atoms with Gasteiger partial charge in [0, 0.05) is 37.5 Å². The van der Waals surface area contributed by atoms with Crippen molar-refractivity contribution in [1.29, 1.82) is 0 Å². The molecule has 0 saturated carbocycles. The van der Waals surface area contributed by atoms with Crippen LogP contribution < -0.4 is 5.73 Å². The molecule has 0 aliphatic carbocycles. The smallest absolute Gasteiger partial charge is 0.313 e. The van der Waals surface area contributed by atoms with E-state index in [1.165, 1.54) is 0 Å². The van der Waals surface area contributed by atoms with Gasteiger partial charge in [-0.1, -0.05) is 98.9 Å². The van der Waals surface area contributed by atoms with Gasteiger partial charge in [0.25, 0.3) is 0 Å². The van der Waals surface area contributed by atoms with Gasteiger partial charge in [0.15, 0.2) is 12.1 Å². The van der Waals surface area contributed by atoms with Crippen LogP contribution in [0.1, 0.15) is 79.1 Å². The third kappa shape index (κ3) is 18.6. The minimum Gasteiger partial charge on any atom is -0.469 e. The number of nitrogens with two attached hydrogens (primary N) is 1. The second-order valence-electron chi connectivity index (χ2n) is 17.8. The highest BCUT2D eigenvalue weighted by molar-refractivity contribution is 5.74. The Balaban J connectivity index is 1.88. The molecule has 2 fully saturated rings. The van der Waals surface area contributed by atoms with Crippen LogP contribution in [0.25, 0.3) is 0 Å². The van der Waals surface area contributed by atoms with Crippen LogP contribution in [0.4, 0.5) is 0 Å². The fourth-order valence-corrected chi connectivity index (χ4v) is 8.09. The van der Waals surface area contributed by atoms with Crippen LogP contribution in [0.3, 0.4) is 0 Å². The van der Waals surface area contributed by atoms with Gasteiger partial charge in [0.05, 0.1) is 86.7 Å². The molecular weight excluding hydrogens is 863 g/mol. The van der Waals surface area contributed by atoms with E-state index in [2.05, 4.69) is 0 Å². The fourth-order valence-electron chi connectivity index (χ4n) is 8.09. The molecule has 0 aromatic carbocycles. The fraction of sp³-hybridized carbons (Fsp3) is 0.667. The van der Waals surface area contributed by atoms with Gasteiger partial charge in [0.2, 0.25) is 0 Å². The van der Waals surface area contributed by atoms with Crippen molar-refractivity contribution in [3.8, 4) is 0 Å². The Morgan fingerprint density at radius 1 is 0.667 bits per heavy atom. The van der Waals surface area contributed by atoms with Crippen molar-refractivity contribution in [3.05, 3.63) is 85.1 Å². The summed E-state index contributed by atoms with van der Waals surface area (Å²) in [6.07, 6.45) is 4.50. The van der Waals surface area contributed by atoms with Crippen molar-refractivity contribution in [2.24, 2.45) is 23.5 Å². The van der Waals surface area contributed by atoms with E-state index in [1.807, 2.05) is 37.3 Å². The number of fused-ring (bicyclic) bond motifs is 2. The van der Waals surface area contributed by atoms with E-state index in [0.29, 0.717) is 0 Å². The Hall–Kier alpha value is -3.44. The van der Waals surface area contributed by atoms with Gasteiger partial charge < -0.3 is 80.5 Å². The molecule has 2 saturated heterocycles. The number of aliphatic hydroxyl groups is 10. The first kappa shape index (κ1) is 56.9. The molecule has 66 heavy (non-hydrogen) atoms. The zero-order valence-corrected chi connectivity index (χ0v) is 38.5. The molecule has 18 nitrogen and oxygen atoms in total. The second-order valence-corrected chi connectivity index (χ2v) is 17.8. The average molecular weight is 938 g/mol. The summed E-state index contributed by atoms with van der Waals surface area (Å²) >= 11 is 0. The monoisotopic (exact) mass is 938 g/mol. The number of hydrogen-bond donors (Lipinski definition) is 11. The number of hydrogen-bond acceptors (Lipinski definition) is 18. The van der Waals surface area contributed by atoms with E-state index in [9.17, 15) is 60.7 Å². The van der Waals surface area contributed by atoms with E-state index < -0.39 is 147 Å². The maximum Gasteiger partial charge on any atom is 0.313 e. The lowest BCUT2D eigenvalue weighted by atomic mass is 9.82. The number of cyclic esters (lactones) is 1. The lowest BCUT2D eigenvalue weighted by molar-refractivity contribution is -0.308. The van der Waals surface area contributed by atoms with Crippen LogP contribution in [0.2, 0.25) is 0 Å². The molecule has 2 bridgehead atoms. The molecule has 374 valence electrons. The standard InChI is InChI=1S/C48H75NO17/c1-28-18-16-14-12-10-8-6-7-9-11-13-15-17-19-35(65-47-45(59)42(49)44(58)31(4)64-47)25-39-41(46(60)62-5)38(55)27-48(61,66-39)26-34(52)23-37(54)36(53)21-20-32(50)22-33(51)24-40(56)63-30(3)29(2)43(28)57/h6-19,28-39,41-45,47,50-55,57-59,61H,20-27,49H2,1-5H3/b7-6+,10-8+,11-9+,14-12+,15-13+,18-16+,19-17+/t28?,29?,30?,31-,32?,33?,34?,35?,36?,37?,38?,39?,41?,42+,43?,44-,45+,47+,48?/m1/s1. The van der Waals surface area contributed by atoms with E-state index in [-0.39, 0.29) is 31.6 Å². The third-order valence-corrected chi connectivity index (χ3v) is 12.2. The van der Waals surface area contributed by atoms with Crippen LogP contribution in [-0.2, 0) is 33.3 Å². The predicted molar refractivity (Wildman–Crippen MR) is 241 cm³/mol. The largest absolute Gasteiger partial charge is 0.469 e. The quantitative estimate of drug-likeness (QED) is 0.174. The zero-order chi connectivity index (χ0) is 49.1. The molecule has 12 N–H and O–H groups in total. The molecule has 0 aromatic rings. The zero-order valence-electron chi connectivity index (χ0n) is 38.5. The van der Waals surface area contributed by atoms with Crippen molar-refractivity contribution in [2.45, 2.75) is 177 Å². The normalized spacial score (nSPS) is 44.9. The van der Waals surface area contributed by atoms with E-state index in [1.54, 1.807) is 75.5 Å². The average Bonchev–Trinajstić information content (AvgIpc) is 3.24. The summed E-state index contributed by atoms with van der Waals surface area (Å²) in [6, 6.07) is -1.13. The molecule has 0 spiro atoms. The minimum absolute atomic E-state index is 0.0949. The predicted octanol–water partition coefficient (Wildman–Crippen LogP) is 0.800. The Bertz CT molecular complexity index is 1680. The number of allylic oxidation sites excluding steroid dienone is 12. The molecule has 0 aromatic heterocycles. The van der Waals surface area contributed by atoms with Gasteiger partial charge in [0.1, 0.15) is 18.1 Å². The Labute approximate surface area is 387 Å². The molecule has 3 aliphatic heterocycles. The molecule has 19 atom stereocenters. The maximum absolute atomic E-state index is 13.1. The van der Waals surface area contributed by atoms with Crippen LogP contribution >= 0.6 is 0 Å². The molecule has 3 rings (SSSR count). The van der Waals surface area contributed by atoms with Gasteiger partial charge in [-0.05, 0) is 33.1 Å². The molecular formula is C48H75NO17. The molecule has 3 heterocycles. The number of rotatable bonds is 3. The van der Waals surface area contributed by atoms with E-state index in [0.717, 1.165) is 7.11 Å². The van der Waals surface area contributed by atoms with Crippen LogP contribution in [0, 0.1) is 17.8 Å². The summed E-state index contributed by atoms with van der Waals surface area (Å²) < 4.78 is 28.4. The molecule has 18 heteroatoms. The lowest BCUT2D eigenvalue weighted by Crippen LogP contribution is -2.61. The van der Waals surface area contributed by atoms with Gasteiger partial charge in [-0.2, -0.15) is 0 Å². The Kier molecular flexibility index (Phi) is 24.3. The SMILES string of the molecule is COC(=O)C1C(O)CC2(O)CC(O)CC(O)C(O)CCC(O)CC(O)CC(=O)OC(C)C(C)C(O)C(C)/C=C/C=C/C=C/C=C/C=C/C=C/C=C/C(O[C@@H]3O[C@H](C)[C@@H](O)[C@H](N)[C@@H]3O)CC1O2. The summed E-state index contributed by atoms with van der Waals surface area (Å²) in [6.45, 7) is 6.78. The summed E-state index contributed by atoms with van der Waals surface area (Å²) in [5.41, 5.74) is 6.05. The third-order valence-electron chi connectivity index (χ3n) is 12.2. The highest BCUT2D eigenvalue weighted by Crippen LogP contribution is 2.38. The van der Waals surface area contributed by atoms with Crippen LogP contribution in [0.15, 0.2) is 85.1 Å². The summed E-state index contributed by atoms with van der Waals surface area (Å²) in [7, 11) is 1.12. The van der Waals surface area contributed by atoms with Gasteiger partial charge in [-0.25, -0.2) is 0 Å². The number of aliphatic hydroxyl groups excluding tert-OH is 9. The highest BCUT2D eigenvalue weighted by atomic mass is 16.7. The summed E-state index contributed by atoms with van der Waals surface area (Å²) in [4.78, 5) is 25.7. The molecule has 3 aliphatic rings. The topological polar surface area (TPSA) is 309 Å². The van der Waals surface area contributed by atoms with Crippen LogP contribution in [-0.4, -0.2) is 168 Å². The van der Waals surface area contributed by atoms with Crippen molar-refractivity contribution in [3.63, 3.8) is 0 Å². The summed E-state index contributed by atoms with van der Waals surface area (Å²) in [5, 5.41) is 109. The Morgan fingerprint density at radius 2 is 1.24 bits per heavy atom. The number of ether oxygens (including phenoxy) is 5. The second kappa shape index (κ2) is 28.1. The molecule has 14 unspecified atom stereocenters. The highest BCUT2D eigenvalue weighted by Gasteiger charge is 2.51. The Morgan fingerprint density at radius 3 is 1.83 bits per heavy atom. The van der Waals surface area contributed by atoms with Crippen molar-refractivity contribution in [2.75, 3.05) is 7.11 Å².